The Kier molecular flexibility index (Phi) is 4.73. The number of rotatable bonds is 2. The van der Waals surface area contributed by atoms with Crippen LogP contribution in [0.25, 0.3) is 43.5 Å². The van der Waals surface area contributed by atoms with Gasteiger partial charge in [0.25, 0.3) is 0 Å². The lowest BCUT2D eigenvalue weighted by Crippen LogP contribution is -2.10. The normalized spacial score (nSPS) is 16.7. The van der Waals surface area contributed by atoms with E-state index in [4.69, 9.17) is 0 Å². The first-order chi connectivity index (χ1) is 19.3. The highest BCUT2D eigenvalue weighted by Gasteiger charge is 2.32. The van der Waals surface area contributed by atoms with Crippen LogP contribution < -0.4 is 0 Å². The van der Waals surface area contributed by atoms with Crippen molar-refractivity contribution < 1.29 is 0 Å². The third-order valence-electron chi connectivity index (χ3n) is 9.28. The molecule has 0 radical (unpaired) electrons. The quantitative estimate of drug-likeness (QED) is 0.202. The third-order valence-corrected chi connectivity index (χ3v) is 9.28. The van der Waals surface area contributed by atoms with Gasteiger partial charge in [-0.2, -0.15) is 0 Å². The zero-order valence-electron chi connectivity index (χ0n) is 23.5. The summed E-state index contributed by atoms with van der Waals surface area (Å²) >= 11 is 0. The van der Waals surface area contributed by atoms with Gasteiger partial charge in [0.05, 0.1) is 0 Å². The van der Waals surface area contributed by atoms with Crippen LogP contribution in [0.15, 0.2) is 121 Å². The van der Waals surface area contributed by atoms with Crippen LogP contribution >= 0.6 is 0 Å². The molecule has 0 fully saturated rings. The molecule has 0 spiro atoms. The molecule has 0 atom stereocenters. The summed E-state index contributed by atoms with van der Waals surface area (Å²) in [7, 11) is 0. The van der Waals surface area contributed by atoms with Crippen molar-refractivity contribution in [1.29, 1.82) is 0 Å². The highest BCUT2D eigenvalue weighted by Crippen LogP contribution is 2.49. The summed E-state index contributed by atoms with van der Waals surface area (Å²) in [5.74, 6) is 0. The number of fused-ring (bicyclic) bond motifs is 7. The Morgan fingerprint density at radius 3 is 1.23 bits per heavy atom. The lowest BCUT2D eigenvalue weighted by Gasteiger charge is -2.18. The summed E-state index contributed by atoms with van der Waals surface area (Å²) in [6.45, 7) is 9.33. The van der Waals surface area contributed by atoms with E-state index in [2.05, 4.69) is 149 Å². The van der Waals surface area contributed by atoms with E-state index in [0.29, 0.717) is 0 Å². The van der Waals surface area contributed by atoms with Gasteiger partial charge in [-0.05, 0) is 89.0 Å². The van der Waals surface area contributed by atoms with Crippen LogP contribution in [0.3, 0.4) is 0 Å². The molecule has 0 saturated carbocycles. The van der Waals surface area contributed by atoms with E-state index in [9.17, 15) is 0 Å². The fourth-order valence-corrected chi connectivity index (χ4v) is 7.46. The van der Waals surface area contributed by atoms with Gasteiger partial charge in [-0.3, -0.25) is 0 Å². The van der Waals surface area contributed by atoms with Gasteiger partial charge in [0, 0.05) is 10.8 Å². The molecule has 0 unspecified atom stereocenters. The molecule has 0 aliphatic heterocycles. The number of allylic oxidation sites excluding steroid dienone is 2. The first-order valence-corrected chi connectivity index (χ1v) is 14.4. The highest BCUT2D eigenvalue weighted by molar-refractivity contribution is 6.25. The van der Waals surface area contributed by atoms with Gasteiger partial charge in [-0.25, -0.2) is 0 Å². The molecule has 0 bridgehead atoms. The average molecular weight is 513 g/mol. The molecular formula is C40H32. The molecule has 8 rings (SSSR count). The number of hydrogen-bond donors (Lipinski definition) is 0. The maximum absolute atomic E-state index is 2.48. The van der Waals surface area contributed by atoms with Crippen molar-refractivity contribution in [1.82, 2.24) is 0 Å². The second-order valence-corrected chi connectivity index (χ2v) is 12.7. The van der Waals surface area contributed by atoms with Gasteiger partial charge in [0.15, 0.2) is 0 Å². The lowest BCUT2D eigenvalue weighted by molar-refractivity contribution is 0.683. The van der Waals surface area contributed by atoms with Crippen molar-refractivity contribution in [3.05, 3.63) is 155 Å². The van der Waals surface area contributed by atoms with Crippen molar-refractivity contribution >= 4 is 43.5 Å². The maximum Gasteiger partial charge on any atom is 0.00908 e. The fourth-order valence-electron chi connectivity index (χ4n) is 7.46. The SMILES string of the molecule is CC1(C)C=C(c2cc3cc(C4=CC(C)(C)c5ccccc54)c4ccccc4c3c3ccccc23)c2ccccc21. The molecule has 40 heavy (non-hydrogen) atoms. The van der Waals surface area contributed by atoms with E-state index >= 15 is 0 Å². The zero-order valence-corrected chi connectivity index (χ0v) is 23.5. The zero-order chi connectivity index (χ0) is 27.2. The Bertz CT molecular complexity index is 1950. The molecule has 0 heterocycles. The van der Waals surface area contributed by atoms with Crippen LogP contribution in [0.5, 0.6) is 0 Å². The third kappa shape index (κ3) is 3.20. The summed E-state index contributed by atoms with van der Waals surface area (Å²) in [6, 6.07) is 40.8. The van der Waals surface area contributed by atoms with Gasteiger partial charge < -0.3 is 0 Å². The predicted octanol–water partition coefficient (Wildman–Crippen LogP) is 10.6. The largest absolute Gasteiger partial charge is 0.0660 e. The van der Waals surface area contributed by atoms with Gasteiger partial charge in [-0.1, -0.05) is 137 Å². The van der Waals surface area contributed by atoms with Crippen molar-refractivity contribution in [2.24, 2.45) is 0 Å². The average Bonchev–Trinajstić information content (AvgIpc) is 3.41. The second kappa shape index (κ2) is 8.05. The molecule has 6 aromatic carbocycles. The maximum atomic E-state index is 2.48. The van der Waals surface area contributed by atoms with Crippen LogP contribution in [0.4, 0.5) is 0 Å². The van der Waals surface area contributed by atoms with Gasteiger partial charge in [0.2, 0.25) is 0 Å². The number of benzene rings is 6. The topological polar surface area (TPSA) is 0 Å². The van der Waals surface area contributed by atoms with Gasteiger partial charge in [-0.15, -0.1) is 0 Å². The fraction of sp³-hybridized carbons (Fsp3) is 0.150. The van der Waals surface area contributed by atoms with E-state index in [-0.39, 0.29) is 10.8 Å². The number of hydrogen-bond acceptors (Lipinski definition) is 0. The summed E-state index contributed by atoms with van der Waals surface area (Å²) in [5.41, 5.74) is 10.9. The molecule has 0 aromatic heterocycles. The van der Waals surface area contributed by atoms with Crippen molar-refractivity contribution in [2.45, 2.75) is 38.5 Å². The Hall–Kier alpha value is -4.42. The minimum absolute atomic E-state index is 0.000481. The van der Waals surface area contributed by atoms with E-state index in [1.54, 1.807) is 0 Å². The summed E-state index contributed by atoms with van der Waals surface area (Å²) in [5, 5.41) is 7.92. The van der Waals surface area contributed by atoms with Crippen molar-refractivity contribution in [2.75, 3.05) is 0 Å². The Morgan fingerprint density at radius 2 is 0.775 bits per heavy atom. The van der Waals surface area contributed by atoms with Crippen LogP contribution in [0, 0.1) is 0 Å². The monoisotopic (exact) mass is 512 g/mol. The van der Waals surface area contributed by atoms with Crippen molar-refractivity contribution in [3.63, 3.8) is 0 Å². The molecule has 0 heteroatoms. The van der Waals surface area contributed by atoms with E-state index in [1.807, 2.05) is 0 Å². The Labute approximate surface area is 236 Å². The molecule has 192 valence electrons. The molecule has 0 saturated heterocycles. The Balaban J connectivity index is 1.49. The summed E-state index contributed by atoms with van der Waals surface area (Å²) in [4.78, 5) is 0. The summed E-state index contributed by atoms with van der Waals surface area (Å²) in [6.07, 6.45) is 4.96. The highest BCUT2D eigenvalue weighted by atomic mass is 14.4. The predicted molar refractivity (Wildman–Crippen MR) is 172 cm³/mol. The molecule has 6 aromatic rings. The van der Waals surface area contributed by atoms with Crippen LogP contribution in [-0.4, -0.2) is 0 Å². The van der Waals surface area contributed by atoms with Gasteiger partial charge >= 0.3 is 0 Å². The molecular weight excluding hydrogens is 480 g/mol. The molecule has 0 amide bonds. The minimum Gasteiger partial charge on any atom is -0.0660 e. The standard InChI is InChI=1S/C40H32/c1-39(2)23-34(28-15-9-11-19-36(28)39)32-21-25-22-33(35-24-40(3,4)37-20-12-10-16-29(35)37)27-14-6-8-18-31(27)38(25)30-17-7-5-13-26(30)32/h5-24H,1-4H3. The summed E-state index contributed by atoms with van der Waals surface area (Å²) < 4.78 is 0. The van der Waals surface area contributed by atoms with Crippen LogP contribution in [0.2, 0.25) is 0 Å². The minimum atomic E-state index is 0.000481. The van der Waals surface area contributed by atoms with Gasteiger partial charge in [0.1, 0.15) is 0 Å². The second-order valence-electron chi connectivity index (χ2n) is 12.7. The van der Waals surface area contributed by atoms with E-state index < -0.39 is 0 Å². The molecule has 0 N–H and O–H groups in total. The molecule has 2 aliphatic carbocycles. The van der Waals surface area contributed by atoms with E-state index in [0.717, 1.165) is 0 Å². The Morgan fingerprint density at radius 1 is 0.400 bits per heavy atom. The molecule has 2 aliphatic rings. The lowest BCUT2D eigenvalue weighted by atomic mass is 9.86. The van der Waals surface area contributed by atoms with E-state index in [1.165, 1.54) is 76.8 Å². The van der Waals surface area contributed by atoms with Crippen LogP contribution in [0.1, 0.15) is 61.1 Å². The van der Waals surface area contributed by atoms with Crippen LogP contribution in [-0.2, 0) is 10.8 Å². The molecule has 0 nitrogen and oxygen atoms in total. The smallest absolute Gasteiger partial charge is 0.00908 e. The first kappa shape index (κ1) is 23.5. The van der Waals surface area contributed by atoms with Crippen molar-refractivity contribution in [3.8, 4) is 0 Å². The first-order valence-electron chi connectivity index (χ1n) is 14.4.